The van der Waals surface area contributed by atoms with Crippen molar-refractivity contribution in [3.8, 4) is 5.75 Å². The van der Waals surface area contributed by atoms with Gasteiger partial charge in [0.15, 0.2) is 0 Å². The van der Waals surface area contributed by atoms with E-state index in [0.29, 0.717) is 6.54 Å². The zero-order chi connectivity index (χ0) is 12.5. The predicted molar refractivity (Wildman–Crippen MR) is 65.6 cm³/mol. The molecule has 1 fully saturated rings. The van der Waals surface area contributed by atoms with Crippen LogP contribution in [-0.2, 0) is 11.3 Å². The molecule has 1 aliphatic rings. The highest BCUT2D eigenvalue weighted by Gasteiger charge is 2.47. The summed E-state index contributed by atoms with van der Waals surface area (Å²) in [6.45, 7) is 0.530. The summed E-state index contributed by atoms with van der Waals surface area (Å²) in [6, 6.07) is 7.70. The molecule has 0 bridgehead atoms. The summed E-state index contributed by atoms with van der Waals surface area (Å²) >= 11 is 0. The lowest BCUT2D eigenvalue weighted by atomic mass is 10.1. The van der Waals surface area contributed by atoms with Crippen LogP contribution < -0.4 is 10.5 Å². The van der Waals surface area contributed by atoms with Crippen LogP contribution in [0.3, 0.4) is 0 Å². The molecular formula is C13H18N2O2. The molecule has 1 aliphatic carbocycles. The van der Waals surface area contributed by atoms with Crippen molar-refractivity contribution in [1.82, 2.24) is 4.90 Å². The van der Waals surface area contributed by atoms with E-state index in [0.717, 1.165) is 24.2 Å². The number of methoxy groups -OCH3 is 1. The SMILES string of the molecule is COc1ccccc1CN(C)C(=O)C1(N)CC1. The Balaban J connectivity index is 2.07. The third-order valence-corrected chi connectivity index (χ3v) is 3.16. The molecule has 0 aliphatic heterocycles. The molecule has 1 saturated carbocycles. The van der Waals surface area contributed by atoms with E-state index >= 15 is 0 Å². The number of nitrogens with zero attached hydrogens (tertiary/aromatic N) is 1. The number of rotatable bonds is 4. The van der Waals surface area contributed by atoms with Gasteiger partial charge in [0.2, 0.25) is 5.91 Å². The number of carbonyl (C=O) groups is 1. The van der Waals surface area contributed by atoms with E-state index in [1.165, 1.54) is 0 Å². The Morgan fingerprint density at radius 2 is 2.12 bits per heavy atom. The number of para-hydroxylation sites is 1. The molecule has 0 unspecified atom stereocenters. The van der Waals surface area contributed by atoms with Gasteiger partial charge in [0.25, 0.3) is 0 Å². The molecule has 1 aromatic carbocycles. The van der Waals surface area contributed by atoms with Crippen molar-refractivity contribution >= 4 is 5.91 Å². The van der Waals surface area contributed by atoms with Gasteiger partial charge in [-0.2, -0.15) is 0 Å². The second-order valence-corrected chi connectivity index (χ2v) is 4.63. The third-order valence-electron chi connectivity index (χ3n) is 3.16. The summed E-state index contributed by atoms with van der Waals surface area (Å²) in [7, 11) is 3.41. The first-order valence-corrected chi connectivity index (χ1v) is 5.73. The Morgan fingerprint density at radius 1 is 1.47 bits per heavy atom. The van der Waals surface area contributed by atoms with E-state index in [2.05, 4.69) is 0 Å². The lowest BCUT2D eigenvalue weighted by Gasteiger charge is -2.21. The molecule has 0 atom stereocenters. The normalized spacial score (nSPS) is 16.4. The van der Waals surface area contributed by atoms with Crippen molar-refractivity contribution in [2.75, 3.05) is 14.2 Å². The van der Waals surface area contributed by atoms with Crippen molar-refractivity contribution in [1.29, 1.82) is 0 Å². The van der Waals surface area contributed by atoms with E-state index in [9.17, 15) is 4.79 Å². The van der Waals surface area contributed by atoms with E-state index in [1.54, 1.807) is 19.1 Å². The van der Waals surface area contributed by atoms with Gasteiger partial charge in [-0.3, -0.25) is 4.79 Å². The lowest BCUT2D eigenvalue weighted by Crippen LogP contribution is -2.43. The van der Waals surface area contributed by atoms with Crippen LogP contribution in [-0.4, -0.2) is 30.5 Å². The lowest BCUT2D eigenvalue weighted by molar-refractivity contribution is -0.132. The molecule has 0 saturated heterocycles. The van der Waals surface area contributed by atoms with E-state index < -0.39 is 5.54 Å². The third kappa shape index (κ3) is 2.42. The van der Waals surface area contributed by atoms with Crippen molar-refractivity contribution in [2.24, 2.45) is 5.73 Å². The monoisotopic (exact) mass is 234 g/mol. The smallest absolute Gasteiger partial charge is 0.242 e. The van der Waals surface area contributed by atoms with Gasteiger partial charge >= 0.3 is 0 Å². The van der Waals surface area contributed by atoms with E-state index in [-0.39, 0.29) is 5.91 Å². The number of likely N-dealkylation sites (N-methyl/N-ethyl adjacent to an activating group) is 1. The first-order chi connectivity index (χ1) is 8.07. The van der Waals surface area contributed by atoms with Crippen LogP contribution in [0.1, 0.15) is 18.4 Å². The van der Waals surface area contributed by atoms with Gasteiger partial charge in [0, 0.05) is 19.2 Å². The van der Waals surface area contributed by atoms with Crippen LogP contribution in [0.5, 0.6) is 5.75 Å². The number of nitrogens with two attached hydrogens (primary N) is 1. The zero-order valence-electron chi connectivity index (χ0n) is 10.3. The summed E-state index contributed by atoms with van der Waals surface area (Å²) in [5, 5.41) is 0. The number of benzene rings is 1. The second-order valence-electron chi connectivity index (χ2n) is 4.63. The second kappa shape index (κ2) is 4.37. The highest BCUT2D eigenvalue weighted by atomic mass is 16.5. The summed E-state index contributed by atoms with van der Waals surface area (Å²) in [6.07, 6.45) is 1.59. The minimum absolute atomic E-state index is 0.0170. The minimum Gasteiger partial charge on any atom is -0.496 e. The number of carbonyl (C=O) groups excluding carboxylic acids is 1. The molecule has 4 nitrogen and oxygen atoms in total. The van der Waals surface area contributed by atoms with Crippen molar-refractivity contribution < 1.29 is 9.53 Å². The summed E-state index contributed by atoms with van der Waals surface area (Å²) in [5.74, 6) is 0.817. The zero-order valence-corrected chi connectivity index (χ0v) is 10.3. The van der Waals surface area contributed by atoms with Crippen molar-refractivity contribution in [3.05, 3.63) is 29.8 Å². The van der Waals surface area contributed by atoms with Crippen LogP contribution >= 0.6 is 0 Å². The molecule has 2 N–H and O–H groups in total. The van der Waals surface area contributed by atoms with Crippen LogP contribution in [0, 0.1) is 0 Å². The molecule has 1 amide bonds. The first kappa shape index (κ1) is 11.9. The van der Waals surface area contributed by atoms with Gasteiger partial charge < -0.3 is 15.4 Å². The highest BCUT2D eigenvalue weighted by molar-refractivity contribution is 5.88. The van der Waals surface area contributed by atoms with Gasteiger partial charge in [-0.25, -0.2) is 0 Å². The summed E-state index contributed by atoms with van der Waals surface area (Å²) in [5.41, 5.74) is 6.29. The van der Waals surface area contributed by atoms with Gasteiger partial charge in [0.1, 0.15) is 5.75 Å². The number of hydrogen-bond donors (Lipinski definition) is 1. The maximum absolute atomic E-state index is 12.0. The van der Waals surface area contributed by atoms with Gasteiger partial charge in [-0.15, -0.1) is 0 Å². The highest BCUT2D eigenvalue weighted by Crippen LogP contribution is 2.34. The van der Waals surface area contributed by atoms with Gasteiger partial charge in [-0.1, -0.05) is 18.2 Å². The quantitative estimate of drug-likeness (QED) is 0.850. The molecule has 0 radical (unpaired) electrons. The van der Waals surface area contributed by atoms with Gasteiger partial charge in [0.05, 0.1) is 12.6 Å². The Morgan fingerprint density at radius 3 is 2.71 bits per heavy atom. The van der Waals surface area contributed by atoms with Crippen LogP contribution in [0.2, 0.25) is 0 Å². The average molecular weight is 234 g/mol. The standard InChI is InChI=1S/C13H18N2O2/c1-15(12(16)13(14)7-8-13)9-10-5-3-4-6-11(10)17-2/h3-6H,7-9,14H2,1-2H3. The summed E-state index contributed by atoms with van der Waals surface area (Å²) in [4.78, 5) is 13.7. The van der Waals surface area contributed by atoms with Crippen molar-refractivity contribution in [3.63, 3.8) is 0 Å². The molecule has 0 heterocycles. The maximum Gasteiger partial charge on any atom is 0.242 e. The number of amides is 1. The molecule has 92 valence electrons. The van der Waals surface area contributed by atoms with Crippen LogP contribution in [0.25, 0.3) is 0 Å². The Kier molecular flexibility index (Phi) is 3.07. The minimum atomic E-state index is -0.600. The van der Waals surface area contributed by atoms with Crippen molar-refractivity contribution in [2.45, 2.75) is 24.9 Å². The molecular weight excluding hydrogens is 216 g/mol. The Labute approximate surface area is 101 Å². The number of ether oxygens (including phenoxy) is 1. The first-order valence-electron chi connectivity index (χ1n) is 5.73. The number of hydrogen-bond acceptors (Lipinski definition) is 3. The maximum atomic E-state index is 12.0. The molecule has 0 aromatic heterocycles. The fourth-order valence-electron chi connectivity index (χ4n) is 1.89. The molecule has 2 rings (SSSR count). The fourth-order valence-corrected chi connectivity index (χ4v) is 1.89. The van der Waals surface area contributed by atoms with E-state index in [1.807, 2.05) is 24.3 Å². The topological polar surface area (TPSA) is 55.6 Å². The Hall–Kier alpha value is -1.55. The fraction of sp³-hybridized carbons (Fsp3) is 0.462. The Bertz CT molecular complexity index is 427. The van der Waals surface area contributed by atoms with Gasteiger partial charge in [-0.05, 0) is 18.9 Å². The molecule has 1 aromatic rings. The molecule has 4 heteroatoms. The molecule has 17 heavy (non-hydrogen) atoms. The molecule has 0 spiro atoms. The van der Waals surface area contributed by atoms with Crippen LogP contribution in [0.4, 0.5) is 0 Å². The predicted octanol–water partition coefficient (Wildman–Crippen LogP) is 1.14. The largest absolute Gasteiger partial charge is 0.496 e. The van der Waals surface area contributed by atoms with E-state index in [4.69, 9.17) is 10.5 Å². The summed E-state index contributed by atoms with van der Waals surface area (Å²) < 4.78 is 5.26. The average Bonchev–Trinajstić information content (AvgIpc) is 3.08. The van der Waals surface area contributed by atoms with Crippen LogP contribution in [0.15, 0.2) is 24.3 Å².